The number of anilines is 1. The van der Waals surface area contributed by atoms with Gasteiger partial charge in [0.1, 0.15) is 0 Å². The Balaban J connectivity index is 1.43. The van der Waals surface area contributed by atoms with Gasteiger partial charge in [0.2, 0.25) is 17.7 Å². The molecule has 126 valence electrons. The van der Waals surface area contributed by atoms with Gasteiger partial charge in [-0.2, -0.15) is 0 Å². The maximum absolute atomic E-state index is 12.5. The second kappa shape index (κ2) is 6.69. The first-order valence-corrected chi connectivity index (χ1v) is 8.56. The molecule has 0 saturated carbocycles. The van der Waals surface area contributed by atoms with Gasteiger partial charge < -0.3 is 9.32 Å². The zero-order chi connectivity index (χ0) is 17.2. The first kappa shape index (κ1) is 15.8. The topological polar surface area (TPSA) is 59.2 Å². The lowest BCUT2D eigenvalue weighted by atomic mass is 10.2. The summed E-state index contributed by atoms with van der Waals surface area (Å²) in [5.41, 5.74) is 2.92. The van der Waals surface area contributed by atoms with E-state index in [2.05, 4.69) is 16.3 Å². The molecule has 6 heteroatoms. The van der Waals surface area contributed by atoms with Crippen molar-refractivity contribution < 1.29 is 9.21 Å². The summed E-state index contributed by atoms with van der Waals surface area (Å²) in [5.74, 6) is 0.887. The number of carbonyl (C=O) groups excluding carboxylic acids is 1. The highest BCUT2D eigenvalue weighted by molar-refractivity contribution is 6.33. The number of aromatic nitrogens is 2. The van der Waals surface area contributed by atoms with E-state index >= 15 is 0 Å². The van der Waals surface area contributed by atoms with E-state index in [0.717, 1.165) is 18.7 Å². The van der Waals surface area contributed by atoms with Gasteiger partial charge in [0.25, 0.3) is 0 Å². The molecule has 25 heavy (non-hydrogen) atoms. The summed E-state index contributed by atoms with van der Waals surface area (Å²) >= 11 is 6.14. The molecule has 0 atom stereocenters. The molecule has 0 spiro atoms. The van der Waals surface area contributed by atoms with Gasteiger partial charge in [0.05, 0.1) is 10.6 Å². The summed E-state index contributed by atoms with van der Waals surface area (Å²) in [5, 5.41) is 8.62. The molecule has 0 fully saturated rings. The lowest BCUT2D eigenvalue weighted by Crippen LogP contribution is -2.29. The molecule has 0 unspecified atom stereocenters. The van der Waals surface area contributed by atoms with Gasteiger partial charge in [0, 0.05) is 25.1 Å². The Labute approximate surface area is 150 Å². The fourth-order valence-electron chi connectivity index (χ4n) is 3.04. The van der Waals surface area contributed by atoms with E-state index in [-0.39, 0.29) is 5.91 Å². The van der Waals surface area contributed by atoms with Gasteiger partial charge >= 0.3 is 0 Å². The molecule has 0 saturated heterocycles. The summed E-state index contributed by atoms with van der Waals surface area (Å²) in [6, 6.07) is 15.3. The van der Waals surface area contributed by atoms with Crippen LogP contribution < -0.4 is 4.90 Å². The predicted molar refractivity (Wildman–Crippen MR) is 95.6 cm³/mol. The van der Waals surface area contributed by atoms with Crippen LogP contribution in [-0.2, 0) is 17.6 Å². The minimum atomic E-state index is 0.0717. The summed E-state index contributed by atoms with van der Waals surface area (Å²) in [6.07, 6.45) is 1.65. The fraction of sp³-hybridized carbons (Fsp3) is 0.211. The largest absolute Gasteiger partial charge is 0.421 e. The van der Waals surface area contributed by atoms with Crippen LogP contribution in [0, 0.1) is 0 Å². The van der Waals surface area contributed by atoms with Crippen molar-refractivity contribution >= 4 is 23.2 Å². The molecule has 2 heterocycles. The number of nitrogens with zero attached hydrogens (tertiary/aromatic N) is 3. The minimum absolute atomic E-state index is 0.0717. The molecular weight excluding hydrogens is 338 g/mol. The number of aryl methyl sites for hydroxylation is 1. The Morgan fingerprint density at radius 2 is 1.92 bits per heavy atom. The van der Waals surface area contributed by atoms with Crippen LogP contribution in [0.4, 0.5) is 5.69 Å². The first-order valence-electron chi connectivity index (χ1n) is 8.18. The van der Waals surface area contributed by atoms with Crippen molar-refractivity contribution in [3.63, 3.8) is 0 Å². The van der Waals surface area contributed by atoms with Crippen molar-refractivity contribution in [1.82, 2.24) is 10.2 Å². The third kappa shape index (κ3) is 3.15. The van der Waals surface area contributed by atoms with Crippen LogP contribution in [0.1, 0.15) is 17.9 Å². The zero-order valence-electron chi connectivity index (χ0n) is 13.5. The average Bonchev–Trinajstić information content (AvgIpc) is 3.27. The summed E-state index contributed by atoms with van der Waals surface area (Å²) < 4.78 is 5.66. The van der Waals surface area contributed by atoms with Crippen molar-refractivity contribution in [3.8, 4) is 11.5 Å². The van der Waals surface area contributed by atoms with E-state index < -0.39 is 0 Å². The quantitative estimate of drug-likeness (QED) is 0.713. The molecule has 3 aromatic rings. The van der Waals surface area contributed by atoms with Crippen LogP contribution in [0.15, 0.2) is 52.9 Å². The Morgan fingerprint density at radius 3 is 2.80 bits per heavy atom. The molecule has 0 N–H and O–H groups in total. The summed E-state index contributed by atoms with van der Waals surface area (Å²) in [7, 11) is 0. The normalized spacial score (nSPS) is 13.1. The van der Waals surface area contributed by atoms with Crippen molar-refractivity contribution in [2.45, 2.75) is 19.3 Å². The van der Waals surface area contributed by atoms with E-state index in [4.69, 9.17) is 16.0 Å². The molecule has 2 aromatic carbocycles. The molecular formula is C19H16ClN3O2. The molecule has 1 aliphatic heterocycles. The van der Waals surface area contributed by atoms with Gasteiger partial charge in [-0.3, -0.25) is 4.79 Å². The first-order chi connectivity index (χ1) is 12.2. The number of fused-ring (bicyclic) bond motifs is 1. The number of hydrogen-bond acceptors (Lipinski definition) is 4. The molecule has 0 radical (unpaired) electrons. The van der Waals surface area contributed by atoms with Gasteiger partial charge in [-0.1, -0.05) is 41.9 Å². The average molecular weight is 354 g/mol. The van der Waals surface area contributed by atoms with E-state index in [0.29, 0.717) is 35.2 Å². The predicted octanol–water partition coefficient (Wildman–Crippen LogP) is 3.91. The maximum atomic E-state index is 12.5. The van der Waals surface area contributed by atoms with Crippen LogP contribution in [0.25, 0.3) is 11.5 Å². The lowest BCUT2D eigenvalue weighted by molar-refractivity contribution is -0.118. The second-order valence-corrected chi connectivity index (χ2v) is 6.31. The van der Waals surface area contributed by atoms with Crippen molar-refractivity contribution in [1.29, 1.82) is 0 Å². The highest BCUT2D eigenvalue weighted by Gasteiger charge is 2.24. The van der Waals surface area contributed by atoms with Crippen molar-refractivity contribution in [3.05, 3.63) is 65.0 Å². The number of carbonyl (C=O) groups is 1. The van der Waals surface area contributed by atoms with Gasteiger partial charge in [-0.15, -0.1) is 10.2 Å². The third-order valence-electron chi connectivity index (χ3n) is 4.31. The third-order valence-corrected chi connectivity index (χ3v) is 4.64. The molecule has 1 aromatic heterocycles. The molecule has 4 rings (SSSR count). The monoisotopic (exact) mass is 353 g/mol. The zero-order valence-corrected chi connectivity index (χ0v) is 14.2. The Hall–Kier alpha value is -2.66. The highest BCUT2D eigenvalue weighted by Crippen LogP contribution is 2.29. The van der Waals surface area contributed by atoms with Crippen molar-refractivity contribution in [2.24, 2.45) is 0 Å². The number of amides is 1. The number of para-hydroxylation sites is 1. The molecule has 0 aliphatic carbocycles. The molecule has 1 amide bonds. The summed E-state index contributed by atoms with van der Waals surface area (Å²) in [6.45, 7) is 0.729. The van der Waals surface area contributed by atoms with E-state index in [9.17, 15) is 4.79 Å². The van der Waals surface area contributed by atoms with E-state index in [1.54, 1.807) is 6.07 Å². The second-order valence-electron chi connectivity index (χ2n) is 5.90. The Bertz CT molecular complexity index is 922. The van der Waals surface area contributed by atoms with Crippen LogP contribution in [0.5, 0.6) is 0 Å². The van der Waals surface area contributed by atoms with Crippen LogP contribution in [-0.4, -0.2) is 22.6 Å². The van der Waals surface area contributed by atoms with Crippen LogP contribution >= 0.6 is 11.6 Å². The molecule has 1 aliphatic rings. The lowest BCUT2D eigenvalue weighted by Gasteiger charge is -2.16. The maximum Gasteiger partial charge on any atom is 0.249 e. The van der Waals surface area contributed by atoms with Gasteiger partial charge in [-0.05, 0) is 30.2 Å². The van der Waals surface area contributed by atoms with E-state index in [1.165, 1.54) is 5.56 Å². The van der Waals surface area contributed by atoms with E-state index in [1.807, 2.05) is 41.3 Å². The van der Waals surface area contributed by atoms with Crippen molar-refractivity contribution in [2.75, 3.05) is 11.4 Å². The SMILES string of the molecule is O=C(CCc1nnc(-c2ccccc2Cl)o1)N1CCc2ccccc21. The molecule has 0 bridgehead atoms. The van der Waals surface area contributed by atoms with Crippen LogP contribution in [0.3, 0.4) is 0 Å². The number of halogens is 1. The van der Waals surface area contributed by atoms with Gasteiger partial charge in [0.15, 0.2) is 0 Å². The number of rotatable bonds is 4. The Kier molecular flexibility index (Phi) is 4.24. The fourth-order valence-corrected chi connectivity index (χ4v) is 3.26. The Morgan fingerprint density at radius 1 is 1.12 bits per heavy atom. The van der Waals surface area contributed by atoms with Gasteiger partial charge in [-0.25, -0.2) is 0 Å². The summed E-state index contributed by atoms with van der Waals surface area (Å²) in [4.78, 5) is 14.4. The standard InChI is InChI=1S/C19H16ClN3O2/c20-15-7-3-2-6-14(15)19-22-21-17(25-19)9-10-18(24)23-12-11-13-5-1-4-8-16(13)23/h1-8H,9-12H2. The number of hydrogen-bond donors (Lipinski definition) is 0. The molecule has 5 nitrogen and oxygen atoms in total. The minimum Gasteiger partial charge on any atom is -0.421 e. The van der Waals surface area contributed by atoms with Crippen LogP contribution in [0.2, 0.25) is 5.02 Å². The highest BCUT2D eigenvalue weighted by atomic mass is 35.5. The number of benzene rings is 2. The smallest absolute Gasteiger partial charge is 0.249 e.